The van der Waals surface area contributed by atoms with Crippen LogP contribution in [0.3, 0.4) is 0 Å². The van der Waals surface area contributed by atoms with Gasteiger partial charge in [-0.25, -0.2) is 8.78 Å². The molecule has 2 rings (SSSR count). The summed E-state index contributed by atoms with van der Waals surface area (Å²) in [4.78, 5) is 0. The van der Waals surface area contributed by atoms with Gasteiger partial charge in [0.2, 0.25) is 0 Å². The van der Waals surface area contributed by atoms with E-state index >= 15 is 0 Å². The lowest BCUT2D eigenvalue weighted by Crippen LogP contribution is -2.10. The fourth-order valence-electron chi connectivity index (χ4n) is 1.93. The molecular formula is C16H14F2N2. The van der Waals surface area contributed by atoms with Crippen LogP contribution in [0.4, 0.5) is 14.5 Å². The molecule has 2 aromatic carbocycles. The molecule has 0 amide bonds. The van der Waals surface area contributed by atoms with E-state index in [1.807, 2.05) is 38.1 Å². The molecule has 0 aliphatic carbocycles. The third-order valence-corrected chi connectivity index (χ3v) is 3.11. The van der Waals surface area contributed by atoms with Gasteiger partial charge < -0.3 is 5.32 Å². The zero-order valence-electron chi connectivity index (χ0n) is 11.2. The molecule has 0 spiro atoms. The summed E-state index contributed by atoms with van der Waals surface area (Å²) < 4.78 is 27.6. The topological polar surface area (TPSA) is 35.8 Å². The maximum absolute atomic E-state index is 13.8. The molecule has 0 aromatic heterocycles. The number of benzene rings is 2. The van der Waals surface area contributed by atoms with Crippen molar-refractivity contribution in [3.05, 3.63) is 64.7 Å². The number of rotatable bonds is 3. The number of halogens is 2. The van der Waals surface area contributed by atoms with E-state index in [2.05, 4.69) is 5.32 Å². The van der Waals surface area contributed by atoms with Gasteiger partial charge in [-0.05, 0) is 31.5 Å². The van der Waals surface area contributed by atoms with E-state index in [-0.39, 0.29) is 17.3 Å². The molecule has 0 bridgehead atoms. The van der Waals surface area contributed by atoms with Crippen LogP contribution in [0, 0.1) is 29.9 Å². The van der Waals surface area contributed by atoms with Crippen LogP contribution in [-0.4, -0.2) is 0 Å². The lowest BCUT2D eigenvalue weighted by atomic mass is 10.1. The normalized spacial score (nSPS) is 11.8. The Labute approximate surface area is 116 Å². The fourth-order valence-corrected chi connectivity index (χ4v) is 1.93. The molecule has 20 heavy (non-hydrogen) atoms. The second-order valence-electron chi connectivity index (χ2n) is 4.70. The van der Waals surface area contributed by atoms with E-state index in [0.29, 0.717) is 0 Å². The molecule has 0 radical (unpaired) electrons. The monoisotopic (exact) mass is 272 g/mol. The molecule has 0 saturated heterocycles. The van der Waals surface area contributed by atoms with Crippen LogP contribution < -0.4 is 5.32 Å². The summed E-state index contributed by atoms with van der Waals surface area (Å²) in [6, 6.07) is 11.2. The molecule has 1 atom stereocenters. The Balaban J connectivity index is 2.26. The van der Waals surface area contributed by atoms with Gasteiger partial charge in [0.1, 0.15) is 5.69 Å². The first-order valence-corrected chi connectivity index (χ1v) is 6.23. The SMILES string of the molecule is Cc1ccc(C(C)Nc2c(F)cc(C#N)cc2F)cc1. The Morgan fingerprint density at radius 3 is 2.15 bits per heavy atom. The van der Waals surface area contributed by atoms with E-state index in [4.69, 9.17) is 5.26 Å². The smallest absolute Gasteiger partial charge is 0.150 e. The molecule has 0 aliphatic heterocycles. The first-order valence-electron chi connectivity index (χ1n) is 6.23. The zero-order chi connectivity index (χ0) is 14.7. The second-order valence-corrected chi connectivity index (χ2v) is 4.70. The summed E-state index contributed by atoms with van der Waals surface area (Å²) in [5, 5.41) is 11.5. The van der Waals surface area contributed by atoms with Crippen molar-refractivity contribution in [3.63, 3.8) is 0 Å². The van der Waals surface area contributed by atoms with Gasteiger partial charge in [-0.15, -0.1) is 0 Å². The first-order chi connectivity index (χ1) is 9.51. The minimum atomic E-state index is -0.763. The molecule has 0 fully saturated rings. The van der Waals surface area contributed by atoms with Crippen LogP contribution >= 0.6 is 0 Å². The van der Waals surface area contributed by atoms with Gasteiger partial charge in [0.05, 0.1) is 11.6 Å². The number of aryl methyl sites for hydroxylation is 1. The van der Waals surface area contributed by atoms with Crippen LogP contribution in [0.15, 0.2) is 36.4 Å². The maximum Gasteiger partial charge on any atom is 0.150 e. The fraction of sp³-hybridized carbons (Fsp3) is 0.188. The Morgan fingerprint density at radius 2 is 1.65 bits per heavy atom. The molecule has 0 aliphatic rings. The van der Waals surface area contributed by atoms with Crippen LogP contribution in [0.2, 0.25) is 0 Å². The number of nitrogens with zero attached hydrogens (tertiary/aromatic N) is 1. The molecule has 1 N–H and O–H groups in total. The van der Waals surface area contributed by atoms with E-state index < -0.39 is 11.6 Å². The number of nitriles is 1. The second kappa shape index (κ2) is 5.70. The highest BCUT2D eigenvalue weighted by Gasteiger charge is 2.14. The van der Waals surface area contributed by atoms with Crippen molar-refractivity contribution in [2.45, 2.75) is 19.9 Å². The van der Waals surface area contributed by atoms with Gasteiger partial charge in [0.15, 0.2) is 11.6 Å². The van der Waals surface area contributed by atoms with Gasteiger partial charge in [-0.1, -0.05) is 29.8 Å². The highest BCUT2D eigenvalue weighted by atomic mass is 19.1. The largest absolute Gasteiger partial charge is 0.374 e. The average Bonchev–Trinajstić information content (AvgIpc) is 2.43. The molecule has 0 saturated carbocycles. The molecule has 2 nitrogen and oxygen atoms in total. The summed E-state index contributed by atoms with van der Waals surface area (Å²) >= 11 is 0. The predicted octanol–water partition coefficient (Wildman–Crippen LogP) is 4.32. The quantitative estimate of drug-likeness (QED) is 0.903. The summed E-state index contributed by atoms with van der Waals surface area (Å²) in [6.45, 7) is 3.80. The first kappa shape index (κ1) is 14.0. The Morgan fingerprint density at radius 1 is 1.10 bits per heavy atom. The summed E-state index contributed by atoms with van der Waals surface area (Å²) in [6.07, 6.45) is 0. The van der Waals surface area contributed by atoms with E-state index in [1.54, 1.807) is 6.07 Å². The van der Waals surface area contributed by atoms with Crippen molar-refractivity contribution in [1.82, 2.24) is 0 Å². The minimum absolute atomic E-state index is 0.0338. The third-order valence-electron chi connectivity index (χ3n) is 3.11. The maximum atomic E-state index is 13.8. The minimum Gasteiger partial charge on any atom is -0.374 e. The van der Waals surface area contributed by atoms with Gasteiger partial charge in [-0.2, -0.15) is 5.26 Å². The lowest BCUT2D eigenvalue weighted by Gasteiger charge is -2.17. The molecule has 0 heterocycles. The highest BCUT2D eigenvalue weighted by Crippen LogP contribution is 2.25. The standard InChI is InChI=1S/C16H14F2N2/c1-10-3-5-13(6-4-10)11(2)20-16-14(17)7-12(9-19)8-15(16)18/h3-8,11,20H,1-2H3. The van der Waals surface area contributed by atoms with E-state index in [0.717, 1.165) is 23.3 Å². The summed E-state index contributed by atoms with van der Waals surface area (Å²) in [5.41, 5.74) is 1.81. The van der Waals surface area contributed by atoms with Crippen LogP contribution in [0.1, 0.15) is 29.7 Å². The van der Waals surface area contributed by atoms with E-state index in [1.165, 1.54) is 0 Å². The molecule has 4 heteroatoms. The number of hydrogen-bond acceptors (Lipinski definition) is 2. The van der Waals surface area contributed by atoms with Crippen molar-refractivity contribution in [3.8, 4) is 6.07 Å². The Bertz CT molecular complexity index is 634. The average molecular weight is 272 g/mol. The Hall–Kier alpha value is -2.41. The van der Waals surface area contributed by atoms with Crippen LogP contribution in [0.25, 0.3) is 0 Å². The number of hydrogen-bond donors (Lipinski definition) is 1. The Kier molecular flexibility index (Phi) is 3.99. The molecule has 1 unspecified atom stereocenters. The van der Waals surface area contributed by atoms with Crippen LogP contribution in [0.5, 0.6) is 0 Å². The third kappa shape index (κ3) is 2.94. The lowest BCUT2D eigenvalue weighted by molar-refractivity contribution is 0.584. The molecular weight excluding hydrogens is 258 g/mol. The van der Waals surface area contributed by atoms with Crippen molar-refractivity contribution >= 4 is 5.69 Å². The number of nitrogens with one attached hydrogen (secondary N) is 1. The van der Waals surface area contributed by atoms with Crippen molar-refractivity contribution in [1.29, 1.82) is 5.26 Å². The molecule has 102 valence electrons. The molecule has 2 aromatic rings. The highest BCUT2D eigenvalue weighted by molar-refractivity contribution is 5.51. The van der Waals surface area contributed by atoms with Crippen molar-refractivity contribution in [2.75, 3.05) is 5.32 Å². The van der Waals surface area contributed by atoms with Crippen molar-refractivity contribution in [2.24, 2.45) is 0 Å². The number of anilines is 1. The van der Waals surface area contributed by atoms with Gasteiger partial charge in [0.25, 0.3) is 0 Å². The van der Waals surface area contributed by atoms with Gasteiger partial charge in [-0.3, -0.25) is 0 Å². The van der Waals surface area contributed by atoms with Crippen LogP contribution in [-0.2, 0) is 0 Å². The predicted molar refractivity (Wildman–Crippen MR) is 74.3 cm³/mol. The zero-order valence-corrected chi connectivity index (χ0v) is 11.2. The van der Waals surface area contributed by atoms with E-state index in [9.17, 15) is 8.78 Å². The summed E-state index contributed by atoms with van der Waals surface area (Å²) in [5.74, 6) is -1.53. The van der Waals surface area contributed by atoms with Crippen molar-refractivity contribution < 1.29 is 8.78 Å². The van der Waals surface area contributed by atoms with Gasteiger partial charge in [0, 0.05) is 6.04 Å². The summed E-state index contributed by atoms with van der Waals surface area (Å²) in [7, 11) is 0. The van der Waals surface area contributed by atoms with Gasteiger partial charge >= 0.3 is 0 Å².